The minimum absolute atomic E-state index is 0.0808. The lowest BCUT2D eigenvalue weighted by molar-refractivity contribution is 0.0944. The topological polar surface area (TPSA) is 79.0 Å². The Bertz CT molecular complexity index is 925. The fourth-order valence-electron chi connectivity index (χ4n) is 3.51. The van der Waals surface area contributed by atoms with Gasteiger partial charge in [0, 0.05) is 58.0 Å². The molecule has 0 unspecified atom stereocenters. The third-order valence-electron chi connectivity index (χ3n) is 5.29. The van der Waals surface area contributed by atoms with Crippen molar-refractivity contribution in [3.05, 3.63) is 65.7 Å². The molecule has 0 saturated carbocycles. The normalized spacial score (nSPS) is 15.6. The standard InChI is InChI=1S/C23H31N3O4S/c1-2-30-18-6-13-24-23(27)21-11-9-20(10-12-21)19-25-14-16-26(17-15-25)31(28,29)22-7-4-3-5-8-22/h3-5,7-12H,2,6,13-19H2,1H3,(H,24,27). The molecule has 0 aromatic heterocycles. The van der Waals surface area contributed by atoms with Crippen LogP contribution in [0.25, 0.3) is 0 Å². The van der Waals surface area contributed by atoms with Crippen molar-refractivity contribution in [1.82, 2.24) is 14.5 Å². The van der Waals surface area contributed by atoms with Gasteiger partial charge in [0.2, 0.25) is 10.0 Å². The number of piperazine rings is 1. The van der Waals surface area contributed by atoms with E-state index in [-0.39, 0.29) is 5.91 Å². The van der Waals surface area contributed by atoms with E-state index in [4.69, 9.17) is 4.74 Å². The molecule has 0 radical (unpaired) electrons. The third kappa shape index (κ3) is 6.61. The van der Waals surface area contributed by atoms with E-state index in [1.807, 2.05) is 37.3 Å². The van der Waals surface area contributed by atoms with Crippen LogP contribution < -0.4 is 5.32 Å². The van der Waals surface area contributed by atoms with Crippen LogP contribution in [0, 0.1) is 0 Å². The van der Waals surface area contributed by atoms with E-state index in [1.54, 1.807) is 28.6 Å². The number of sulfonamides is 1. The molecule has 1 heterocycles. The summed E-state index contributed by atoms with van der Waals surface area (Å²) in [5.41, 5.74) is 1.74. The molecule has 8 heteroatoms. The van der Waals surface area contributed by atoms with Crippen molar-refractivity contribution >= 4 is 15.9 Å². The molecule has 31 heavy (non-hydrogen) atoms. The van der Waals surface area contributed by atoms with Crippen molar-refractivity contribution in [3.63, 3.8) is 0 Å². The number of nitrogens with zero attached hydrogens (tertiary/aromatic N) is 2. The quantitative estimate of drug-likeness (QED) is 0.568. The summed E-state index contributed by atoms with van der Waals surface area (Å²) < 4.78 is 32.3. The van der Waals surface area contributed by atoms with Crippen LogP contribution in [0.1, 0.15) is 29.3 Å². The first-order chi connectivity index (χ1) is 15.0. The Hall–Kier alpha value is -2.26. The van der Waals surface area contributed by atoms with Gasteiger partial charge in [-0.3, -0.25) is 9.69 Å². The minimum atomic E-state index is -3.43. The molecule has 1 saturated heterocycles. The Balaban J connectivity index is 1.46. The first-order valence-corrected chi connectivity index (χ1v) is 12.2. The van der Waals surface area contributed by atoms with E-state index in [2.05, 4.69) is 10.2 Å². The number of hydrogen-bond acceptors (Lipinski definition) is 5. The van der Waals surface area contributed by atoms with Gasteiger partial charge in [-0.25, -0.2) is 8.42 Å². The number of carbonyl (C=O) groups is 1. The summed E-state index contributed by atoms with van der Waals surface area (Å²) in [7, 11) is -3.43. The summed E-state index contributed by atoms with van der Waals surface area (Å²) in [6.07, 6.45) is 0.795. The maximum Gasteiger partial charge on any atom is 0.251 e. The second-order valence-corrected chi connectivity index (χ2v) is 9.43. The van der Waals surface area contributed by atoms with Gasteiger partial charge in [0.25, 0.3) is 5.91 Å². The molecule has 3 rings (SSSR count). The summed E-state index contributed by atoms with van der Waals surface area (Å²) >= 11 is 0. The lowest BCUT2D eigenvalue weighted by Gasteiger charge is -2.34. The summed E-state index contributed by atoms with van der Waals surface area (Å²) in [6.45, 7) is 6.91. The van der Waals surface area contributed by atoms with Gasteiger partial charge < -0.3 is 10.1 Å². The predicted molar refractivity (Wildman–Crippen MR) is 120 cm³/mol. The van der Waals surface area contributed by atoms with E-state index < -0.39 is 10.0 Å². The molecular weight excluding hydrogens is 414 g/mol. The first-order valence-electron chi connectivity index (χ1n) is 10.7. The van der Waals surface area contributed by atoms with E-state index in [9.17, 15) is 13.2 Å². The van der Waals surface area contributed by atoms with Gasteiger partial charge in [-0.15, -0.1) is 0 Å². The number of carbonyl (C=O) groups excluding carboxylic acids is 1. The van der Waals surface area contributed by atoms with Crippen molar-refractivity contribution in [1.29, 1.82) is 0 Å². The fourth-order valence-corrected chi connectivity index (χ4v) is 4.96. The Morgan fingerprint density at radius 1 is 1.00 bits per heavy atom. The Morgan fingerprint density at radius 2 is 1.68 bits per heavy atom. The van der Waals surface area contributed by atoms with Crippen molar-refractivity contribution in [2.75, 3.05) is 45.9 Å². The Morgan fingerprint density at radius 3 is 2.32 bits per heavy atom. The van der Waals surface area contributed by atoms with E-state index >= 15 is 0 Å². The van der Waals surface area contributed by atoms with Gasteiger partial charge in [0.05, 0.1) is 4.90 Å². The summed E-state index contributed by atoms with van der Waals surface area (Å²) in [6, 6.07) is 16.2. The first kappa shape index (κ1) is 23.4. The zero-order valence-electron chi connectivity index (χ0n) is 18.0. The summed E-state index contributed by atoms with van der Waals surface area (Å²) in [4.78, 5) is 14.8. The van der Waals surface area contributed by atoms with Gasteiger partial charge in [-0.05, 0) is 43.2 Å². The van der Waals surface area contributed by atoms with Crippen molar-refractivity contribution in [2.24, 2.45) is 0 Å². The van der Waals surface area contributed by atoms with Crippen LogP contribution in [0.5, 0.6) is 0 Å². The lowest BCUT2D eigenvalue weighted by atomic mass is 10.1. The maximum absolute atomic E-state index is 12.7. The molecular formula is C23H31N3O4S. The second kappa shape index (κ2) is 11.4. The largest absolute Gasteiger partial charge is 0.382 e. The molecule has 1 fully saturated rings. The zero-order chi connectivity index (χ0) is 22.1. The highest BCUT2D eigenvalue weighted by Crippen LogP contribution is 2.18. The van der Waals surface area contributed by atoms with Gasteiger partial charge in [0.15, 0.2) is 0 Å². The Kier molecular flexibility index (Phi) is 8.60. The van der Waals surface area contributed by atoms with Crippen LogP contribution in [0.4, 0.5) is 0 Å². The smallest absolute Gasteiger partial charge is 0.251 e. The minimum Gasteiger partial charge on any atom is -0.382 e. The molecule has 1 N–H and O–H groups in total. The predicted octanol–water partition coefficient (Wildman–Crippen LogP) is 2.35. The summed E-state index contributed by atoms with van der Waals surface area (Å²) in [5.74, 6) is -0.0808. The van der Waals surface area contributed by atoms with E-state index in [0.29, 0.717) is 56.4 Å². The number of nitrogens with one attached hydrogen (secondary N) is 1. The number of hydrogen-bond donors (Lipinski definition) is 1. The maximum atomic E-state index is 12.7. The number of rotatable bonds is 10. The van der Waals surface area contributed by atoms with Crippen molar-refractivity contribution in [3.8, 4) is 0 Å². The fraction of sp³-hybridized carbons (Fsp3) is 0.435. The highest BCUT2D eigenvalue weighted by atomic mass is 32.2. The number of ether oxygens (including phenoxy) is 1. The third-order valence-corrected chi connectivity index (χ3v) is 7.20. The molecule has 1 amide bonds. The van der Waals surface area contributed by atoms with Gasteiger partial charge in [-0.1, -0.05) is 30.3 Å². The average Bonchev–Trinajstić information content (AvgIpc) is 2.80. The van der Waals surface area contributed by atoms with E-state index in [0.717, 1.165) is 18.5 Å². The van der Waals surface area contributed by atoms with Gasteiger partial charge >= 0.3 is 0 Å². The van der Waals surface area contributed by atoms with Crippen LogP contribution in [0.2, 0.25) is 0 Å². The Labute approximate surface area is 185 Å². The molecule has 1 aliphatic heterocycles. The molecule has 2 aromatic rings. The number of amides is 1. The van der Waals surface area contributed by atoms with Crippen molar-refractivity contribution < 1.29 is 17.9 Å². The SMILES string of the molecule is CCOCCCNC(=O)c1ccc(CN2CCN(S(=O)(=O)c3ccccc3)CC2)cc1. The molecule has 7 nitrogen and oxygen atoms in total. The van der Waals surface area contributed by atoms with Crippen LogP contribution in [0.15, 0.2) is 59.5 Å². The monoisotopic (exact) mass is 445 g/mol. The highest BCUT2D eigenvalue weighted by Gasteiger charge is 2.28. The van der Waals surface area contributed by atoms with E-state index in [1.165, 1.54) is 0 Å². The van der Waals surface area contributed by atoms with Crippen molar-refractivity contribution in [2.45, 2.75) is 24.8 Å². The average molecular weight is 446 g/mol. The van der Waals surface area contributed by atoms with Gasteiger partial charge in [0.1, 0.15) is 0 Å². The highest BCUT2D eigenvalue weighted by molar-refractivity contribution is 7.89. The second-order valence-electron chi connectivity index (χ2n) is 7.50. The van der Waals surface area contributed by atoms with Crippen LogP contribution in [0.3, 0.4) is 0 Å². The summed E-state index contributed by atoms with van der Waals surface area (Å²) in [5, 5.41) is 2.90. The molecule has 2 aromatic carbocycles. The number of benzene rings is 2. The van der Waals surface area contributed by atoms with Crippen LogP contribution in [-0.4, -0.2) is 69.5 Å². The molecule has 0 bridgehead atoms. The zero-order valence-corrected chi connectivity index (χ0v) is 18.8. The lowest BCUT2D eigenvalue weighted by Crippen LogP contribution is -2.48. The van der Waals surface area contributed by atoms with Crippen LogP contribution in [-0.2, 0) is 21.3 Å². The van der Waals surface area contributed by atoms with Crippen LogP contribution >= 0.6 is 0 Å². The molecule has 1 aliphatic rings. The molecule has 168 valence electrons. The van der Waals surface area contributed by atoms with Gasteiger partial charge in [-0.2, -0.15) is 4.31 Å². The molecule has 0 spiro atoms. The molecule has 0 atom stereocenters. The molecule has 0 aliphatic carbocycles.